The van der Waals surface area contributed by atoms with Gasteiger partial charge >= 0.3 is 0 Å². The zero-order chi connectivity index (χ0) is 17.9. The van der Waals surface area contributed by atoms with Gasteiger partial charge in [0.2, 0.25) is 5.78 Å². The summed E-state index contributed by atoms with van der Waals surface area (Å²) in [7, 11) is 1.55. The maximum atomic E-state index is 13.1. The molecule has 5 nitrogen and oxygen atoms in total. The summed E-state index contributed by atoms with van der Waals surface area (Å²) in [6.07, 6.45) is 1.86. The van der Waals surface area contributed by atoms with Gasteiger partial charge in [0.15, 0.2) is 12.4 Å². The van der Waals surface area contributed by atoms with Crippen LogP contribution in [-0.4, -0.2) is 31.9 Å². The summed E-state index contributed by atoms with van der Waals surface area (Å²) in [6, 6.07) is 15.1. The molecule has 2 saturated heterocycles. The van der Waals surface area contributed by atoms with Gasteiger partial charge in [0.05, 0.1) is 13.7 Å². The number of carbonyl (C=O) groups excluding carboxylic acids is 1. The van der Waals surface area contributed by atoms with Crippen LogP contribution in [0.1, 0.15) is 41.3 Å². The van der Waals surface area contributed by atoms with Crippen molar-refractivity contribution in [1.82, 2.24) is 0 Å². The highest BCUT2D eigenvalue weighted by atomic mass is 16.7. The van der Waals surface area contributed by atoms with Gasteiger partial charge in [-0.1, -0.05) is 36.4 Å². The van der Waals surface area contributed by atoms with Crippen LogP contribution < -0.4 is 9.47 Å². The quantitative estimate of drug-likeness (QED) is 0.581. The van der Waals surface area contributed by atoms with E-state index in [1.807, 2.05) is 36.4 Å². The Bertz CT molecular complexity index is 767. The number of Topliss-reactive ketones (excluding diaryl/α,β-unsaturated/α-hetero) is 1. The van der Waals surface area contributed by atoms with Crippen LogP contribution in [0.2, 0.25) is 0 Å². The van der Waals surface area contributed by atoms with Gasteiger partial charge in [-0.15, -0.1) is 0 Å². The van der Waals surface area contributed by atoms with Gasteiger partial charge in [0.25, 0.3) is 0 Å². The number of benzene rings is 2. The fourth-order valence-corrected chi connectivity index (χ4v) is 3.32. The highest BCUT2D eigenvalue weighted by molar-refractivity contribution is 6.06. The van der Waals surface area contributed by atoms with Crippen molar-refractivity contribution in [3.63, 3.8) is 0 Å². The molecule has 1 unspecified atom stereocenters. The van der Waals surface area contributed by atoms with Gasteiger partial charge in [-0.2, -0.15) is 0 Å². The summed E-state index contributed by atoms with van der Waals surface area (Å²) < 4.78 is 22.7. The molecule has 0 radical (unpaired) electrons. The fraction of sp³-hybridized carbons (Fsp3) is 0.381. The molecule has 2 aromatic carbocycles. The molecule has 0 bridgehead atoms. The molecule has 2 aliphatic rings. The van der Waals surface area contributed by atoms with E-state index in [1.165, 1.54) is 0 Å². The number of ether oxygens (including phenoxy) is 4. The van der Waals surface area contributed by atoms with Crippen LogP contribution in [0.3, 0.4) is 0 Å². The number of rotatable bonds is 6. The zero-order valence-corrected chi connectivity index (χ0v) is 14.7. The first-order valence-electron chi connectivity index (χ1n) is 8.98. The van der Waals surface area contributed by atoms with Crippen LogP contribution in [0.5, 0.6) is 11.5 Å². The molecule has 26 heavy (non-hydrogen) atoms. The largest absolute Gasteiger partial charge is 0.496 e. The number of carbonyl (C=O) groups is 1. The SMILES string of the molecule is COc1cccc(OC2CCCCO2)c1C(=O)[C@H]1O[C@@H]1c1ccccc1. The summed E-state index contributed by atoms with van der Waals surface area (Å²) in [6.45, 7) is 0.680. The molecular weight excluding hydrogens is 332 g/mol. The van der Waals surface area contributed by atoms with E-state index < -0.39 is 6.10 Å². The molecule has 2 fully saturated rings. The molecule has 0 amide bonds. The predicted octanol–water partition coefficient (Wildman–Crippen LogP) is 3.92. The third kappa shape index (κ3) is 3.45. The lowest BCUT2D eigenvalue weighted by atomic mass is 10.0. The fourth-order valence-electron chi connectivity index (χ4n) is 3.32. The van der Waals surface area contributed by atoms with E-state index in [1.54, 1.807) is 19.2 Å². The second-order valence-electron chi connectivity index (χ2n) is 6.50. The second-order valence-corrected chi connectivity index (χ2v) is 6.50. The van der Waals surface area contributed by atoms with Crippen molar-refractivity contribution >= 4 is 5.78 Å². The topological polar surface area (TPSA) is 57.3 Å². The van der Waals surface area contributed by atoms with Gasteiger partial charge in [-0.05, 0) is 30.5 Å². The molecule has 0 spiro atoms. The molecule has 0 aliphatic carbocycles. The van der Waals surface area contributed by atoms with Gasteiger partial charge in [0.1, 0.15) is 23.2 Å². The first-order valence-corrected chi connectivity index (χ1v) is 8.98. The van der Waals surface area contributed by atoms with E-state index >= 15 is 0 Å². The Labute approximate surface area is 152 Å². The summed E-state index contributed by atoms with van der Waals surface area (Å²) in [5.41, 5.74) is 1.42. The number of hydrogen-bond donors (Lipinski definition) is 0. The smallest absolute Gasteiger partial charge is 0.202 e. The lowest BCUT2D eigenvalue weighted by molar-refractivity contribution is -0.106. The highest BCUT2D eigenvalue weighted by Gasteiger charge is 2.47. The number of ketones is 1. The van der Waals surface area contributed by atoms with Crippen LogP contribution in [0.15, 0.2) is 48.5 Å². The highest BCUT2D eigenvalue weighted by Crippen LogP contribution is 2.43. The van der Waals surface area contributed by atoms with Crippen molar-refractivity contribution in [3.05, 3.63) is 59.7 Å². The van der Waals surface area contributed by atoms with Crippen molar-refractivity contribution in [3.8, 4) is 11.5 Å². The molecule has 2 aliphatic heterocycles. The molecule has 0 N–H and O–H groups in total. The van der Waals surface area contributed by atoms with Crippen molar-refractivity contribution < 1.29 is 23.7 Å². The maximum Gasteiger partial charge on any atom is 0.202 e. The number of epoxide rings is 1. The van der Waals surface area contributed by atoms with Gasteiger partial charge < -0.3 is 18.9 Å². The van der Waals surface area contributed by atoms with E-state index in [0.29, 0.717) is 23.7 Å². The number of hydrogen-bond acceptors (Lipinski definition) is 5. The molecule has 0 saturated carbocycles. The minimum Gasteiger partial charge on any atom is -0.496 e. The first kappa shape index (κ1) is 17.1. The molecule has 3 atom stereocenters. The van der Waals surface area contributed by atoms with E-state index in [9.17, 15) is 4.79 Å². The van der Waals surface area contributed by atoms with Crippen molar-refractivity contribution in [2.24, 2.45) is 0 Å². The standard InChI is InChI=1S/C21H22O5/c1-23-15-10-7-11-16(25-17-12-5-6-13-24-17)18(15)19(22)21-20(26-21)14-8-3-2-4-9-14/h2-4,7-11,17,20-21H,5-6,12-13H2,1H3/t17?,20-,21-/m1/s1. The molecular formula is C21H22O5. The molecule has 0 aromatic heterocycles. The third-order valence-corrected chi connectivity index (χ3v) is 4.73. The second kappa shape index (κ2) is 7.48. The number of methoxy groups -OCH3 is 1. The zero-order valence-electron chi connectivity index (χ0n) is 14.7. The minimum absolute atomic E-state index is 0.123. The normalized spacial score (nSPS) is 24.7. The molecule has 136 valence electrons. The Morgan fingerprint density at radius 2 is 1.85 bits per heavy atom. The minimum atomic E-state index is -0.511. The average Bonchev–Trinajstić information content (AvgIpc) is 3.50. The van der Waals surface area contributed by atoms with Gasteiger partial charge in [0, 0.05) is 6.42 Å². The Kier molecular flexibility index (Phi) is 4.91. The third-order valence-electron chi connectivity index (χ3n) is 4.73. The van der Waals surface area contributed by atoms with Crippen LogP contribution >= 0.6 is 0 Å². The lowest BCUT2D eigenvalue weighted by Crippen LogP contribution is -2.26. The van der Waals surface area contributed by atoms with Crippen LogP contribution in [0.25, 0.3) is 0 Å². The summed E-state index contributed by atoms with van der Waals surface area (Å²) in [5.74, 6) is 0.858. The van der Waals surface area contributed by atoms with Crippen molar-refractivity contribution in [1.29, 1.82) is 0 Å². The first-order chi connectivity index (χ1) is 12.8. The monoisotopic (exact) mass is 354 g/mol. The maximum absolute atomic E-state index is 13.1. The Hall–Kier alpha value is -2.37. The average molecular weight is 354 g/mol. The van der Waals surface area contributed by atoms with Crippen LogP contribution in [-0.2, 0) is 9.47 Å². The Balaban J connectivity index is 1.57. The van der Waals surface area contributed by atoms with Crippen molar-refractivity contribution in [2.75, 3.05) is 13.7 Å². The molecule has 2 aromatic rings. The van der Waals surface area contributed by atoms with Crippen molar-refractivity contribution in [2.45, 2.75) is 37.8 Å². The van der Waals surface area contributed by atoms with Gasteiger partial charge in [-0.3, -0.25) is 4.79 Å². The van der Waals surface area contributed by atoms with E-state index in [2.05, 4.69) is 0 Å². The van der Waals surface area contributed by atoms with E-state index in [-0.39, 0.29) is 18.2 Å². The predicted molar refractivity (Wildman–Crippen MR) is 95.6 cm³/mol. The van der Waals surface area contributed by atoms with E-state index in [0.717, 1.165) is 24.8 Å². The summed E-state index contributed by atoms with van der Waals surface area (Å²) in [5, 5.41) is 0. The van der Waals surface area contributed by atoms with Crippen LogP contribution in [0, 0.1) is 0 Å². The van der Waals surface area contributed by atoms with Gasteiger partial charge in [-0.25, -0.2) is 0 Å². The lowest BCUT2D eigenvalue weighted by Gasteiger charge is -2.24. The molecule has 5 heteroatoms. The Morgan fingerprint density at radius 1 is 1.04 bits per heavy atom. The van der Waals surface area contributed by atoms with E-state index in [4.69, 9.17) is 18.9 Å². The molecule has 4 rings (SSSR count). The summed E-state index contributed by atoms with van der Waals surface area (Å²) >= 11 is 0. The summed E-state index contributed by atoms with van der Waals surface area (Å²) in [4.78, 5) is 13.1. The molecule has 2 heterocycles. The Morgan fingerprint density at radius 3 is 2.58 bits per heavy atom. The van der Waals surface area contributed by atoms with Crippen LogP contribution in [0.4, 0.5) is 0 Å².